The van der Waals surface area contributed by atoms with Crippen molar-refractivity contribution in [2.45, 2.75) is 65.2 Å². The van der Waals surface area contributed by atoms with Crippen LogP contribution in [0.25, 0.3) is 0 Å². The SMILES string of the molecule is CCCCCCCCCC.CO[PH](=O)OC. The second-order valence-electron chi connectivity index (χ2n) is 3.78. The molecule has 16 heavy (non-hydrogen) atoms. The van der Waals surface area contributed by atoms with Gasteiger partial charge in [0.15, 0.2) is 0 Å². The minimum absolute atomic E-state index is 1.34. The van der Waals surface area contributed by atoms with Gasteiger partial charge in [-0.3, -0.25) is 4.57 Å². The summed E-state index contributed by atoms with van der Waals surface area (Å²) < 4.78 is 18.4. The molecular formula is C12H29O3P. The molecule has 0 aromatic heterocycles. The van der Waals surface area contributed by atoms with Crippen LogP contribution in [-0.2, 0) is 13.6 Å². The lowest BCUT2D eigenvalue weighted by Gasteiger charge is -1.97. The quantitative estimate of drug-likeness (QED) is 0.436. The highest BCUT2D eigenvalue weighted by Crippen LogP contribution is 2.18. The van der Waals surface area contributed by atoms with Crippen LogP contribution in [0.2, 0.25) is 0 Å². The largest absolute Gasteiger partial charge is 0.318 e. The Balaban J connectivity index is 0. The molecule has 0 saturated carbocycles. The van der Waals surface area contributed by atoms with Crippen LogP contribution >= 0.6 is 8.25 Å². The van der Waals surface area contributed by atoms with E-state index in [4.69, 9.17) is 0 Å². The molecule has 100 valence electrons. The van der Waals surface area contributed by atoms with Gasteiger partial charge in [0.2, 0.25) is 0 Å². The Kier molecular flexibility index (Phi) is 20.3. The van der Waals surface area contributed by atoms with E-state index >= 15 is 0 Å². The normalized spacial score (nSPS) is 10.1. The molecule has 0 aromatic rings. The third-order valence-corrected chi connectivity index (χ3v) is 2.96. The standard InChI is InChI=1S/C10H22.C2H7O3P/c1-3-5-7-9-10-8-6-4-2;1-4-6(3)5-2/h3-10H2,1-2H3;6H,1-2H3. The Bertz CT molecular complexity index is 126. The molecule has 0 unspecified atom stereocenters. The summed E-state index contributed by atoms with van der Waals surface area (Å²) in [6.45, 7) is 4.54. The number of hydrogen-bond acceptors (Lipinski definition) is 3. The van der Waals surface area contributed by atoms with E-state index in [9.17, 15) is 4.57 Å². The summed E-state index contributed by atoms with van der Waals surface area (Å²) in [5.41, 5.74) is 0. The summed E-state index contributed by atoms with van der Waals surface area (Å²) in [6, 6.07) is 0. The molecule has 4 heteroatoms. The van der Waals surface area contributed by atoms with Gasteiger partial charge in [0.1, 0.15) is 0 Å². The van der Waals surface area contributed by atoms with E-state index in [1.54, 1.807) is 0 Å². The monoisotopic (exact) mass is 252 g/mol. The zero-order chi connectivity index (χ0) is 12.6. The molecule has 0 aliphatic carbocycles. The molecule has 0 heterocycles. The van der Waals surface area contributed by atoms with Crippen molar-refractivity contribution in [1.29, 1.82) is 0 Å². The highest BCUT2D eigenvalue weighted by Gasteiger charge is 1.87. The molecular weight excluding hydrogens is 223 g/mol. The van der Waals surface area contributed by atoms with Crippen molar-refractivity contribution in [2.75, 3.05) is 14.2 Å². The highest BCUT2D eigenvalue weighted by molar-refractivity contribution is 7.33. The third kappa shape index (κ3) is 19.7. The molecule has 0 fully saturated rings. The zero-order valence-corrected chi connectivity index (χ0v) is 12.4. The summed E-state index contributed by atoms with van der Waals surface area (Å²) in [6.07, 6.45) is 11.5. The average Bonchev–Trinajstić information content (AvgIpc) is 2.33. The highest BCUT2D eigenvalue weighted by atomic mass is 31.1. The van der Waals surface area contributed by atoms with Crippen molar-refractivity contribution in [2.24, 2.45) is 0 Å². The van der Waals surface area contributed by atoms with Crippen LogP contribution in [0.15, 0.2) is 0 Å². The summed E-state index contributed by atoms with van der Waals surface area (Å²) in [5.74, 6) is 0. The summed E-state index contributed by atoms with van der Waals surface area (Å²) in [4.78, 5) is 0. The van der Waals surface area contributed by atoms with Gasteiger partial charge in [-0.15, -0.1) is 0 Å². The molecule has 0 rings (SSSR count). The lowest BCUT2D eigenvalue weighted by atomic mass is 10.1. The molecule has 0 spiro atoms. The fourth-order valence-corrected chi connectivity index (χ4v) is 1.46. The molecule has 0 amide bonds. The smallest absolute Gasteiger partial charge is 0.314 e. The minimum atomic E-state index is -2.12. The first-order chi connectivity index (χ1) is 7.72. The van der Waals surface area contributed by atoms with E-state index in [-0.39, 0.29) is 0 Å². The fourth-order valence-electron chi connectivity index (χ4n) is 1.29. The van der Waals surface area contributed by atoms with Crippen LogP contribution in [0.3, 0.4) is 0 Å². The van der Waals surface area contributed by atoms with E-state index in [1.807, 2.05) is 0 Å². The Morgan fingerprint density at radius 2 is 1.06 bits per heavy atom. The molecule has 0 bridgehead atoms. The molecule has 0 saturated heterocycles. The van der Waals surface area contributed by atoms with E-state index < -0.39 is 8.25 Å². The summed E-state index contributed by atoms with van der Waals surface area (Å²) in [7, 11) is 0.558. The van der Waals surface area contributed by atoms with E-state index in [0.717, 1.165) is 0 Å². The van der Waals surface area contributed by atoms with Crippen LogP contribution in [0.1, 0.15) is 65.2 Å². The molecule has 0 atom stereocenters. The van der Waals surface area contributed by atoms with Crippen LogP contribution in [0, 0.1) is 0 Å². The Morgan fingerprint density at radius 3 is 1.25 bits per heavy atom. The molecule has 0 aliphatic heterocycles. The average molecular weight is 252 g/mol. The summed E-state index contributed by atoms with van der Waals surface area (Å²) in [5, 5.41) is 0. The molecule has 0 aromatic carbocycles. The Labute approximate surface area is 102 Å². The van der Waals surface area contributed by atoms with Crippen molar-refractivity contribution in [1.82, 2.24) is 0 Å². The van der Waals surface area contributed by atoms with Gasteiger partial charge in [0.05, 0.1) is 0 Å². The van der Waals surface area contributed by atoms with Gasteiger partial charge in [0.25, 0.3) is 0 Å². The van der Waals surface area contributed by atoms with Gasteiger partial charge in [-0.05, 0) is 0 Å². The minimum Gasteiger partial charge on any atom is -0.314 e. The Morgan fingerprint density at radius 1 is 0.750 bits per heavy atom. The first kappa shape index (κ1) is 18.5. The number of hydrogen-bond donors (Lipinski definition) is 0. The third-order valence-electron chi connectivity index (χ3n) is 2.29. The van der Waals surface area contributed by atoms with Crippen LogP contribution in [-0.4, -0.2) is 14.2 Å². The maximum Gasteiger partial charge on any atom is 0.318 e. The van der Waals surface area contributed by atoms with Gasteiger partial charge >= 0.3 is 8.25 Å². The fraction of sp³-hybridized carbons (Fsp3) is 1.00. The molecule has 0 aliphatic rings. The van der Waals surface area contributed by atoms with E-state index in [1.165, 1.54) is 65.6 Å². The predicted molar refractivity (Wildman–Crippen MR) is 71.3 cm³/mol. The topological polar surface area (TPSA) is 35.5 Å². The second-order valence-corrected chi connectivity index (χ2v) is 5.10. The van der Waals surface area contributed by atoms with Crippen LogP contribution in [0.4, 0.5) is 0 Å². The number of unbranched alkanes of at least 4 members (excludes halogenated alkanes) is 7. The van der Waals surface area contributed by atoms with Gasteiger partial charge < -0.3 is 9.05 Å². The van der Waals surface area contributed by atoms with E-state index in [0.29, 0.717) is 0 Å². The van der Waals surface area contributed by atoms with Crippen LogP contribution in [0.5, 0.6) is 0 Å². The number of rotatable bonds is 9. The van der Waals surface area contributed by atoms with Crippen LogP contribution < -0.4 is 0 Å². The van der Waals surface area contributed by atoms with Gasteiger partial charge in [-0.2, -0.15) is 0 Å². The van der Waals surface area contributed by atoms with Crippen molar-refractivity contribution in [3.8, 4) is 0 Å². The first-order valence-electron chi connectivity index (χ1n) is 6.34. The Hall–Kier alpha value is 0.150. The summed E-state index contributed by atoms with van der Waals surface area (Å²) >= 11 is 0. The predicted octanol–water partition coefficient (Wildman–Crippen LogP) is 4.82. The van der Waals surface area contributed by atoms with Gasteiger partial charge in [-0.1, -0.05) is 65.2 Å². The first-order valence-corrected chi connectivity index (χ1v) is 7.57. The van der Waals surface area contributed by atoms with Gasteiger partial charge in [0, 0.05) is 14.2 Å². The molecule has 0 radical (unpaired) electrons. The molecule has 0 N–H and O–H groups in total. The van der Waals surface area contributed by atoms with Crippen molar-refractivity contribution in [3.05, 3.63) is 0 Å². The van der Waals surface area contributed by atoms with E-state index in [2.05, 4.69) is 22.9 Å². The van der Waals surface area contributed by atoms with Crippen molar-refractivity contribution < 1.29 is 13.6 Å². The van der Waals surface area contributed by atoms with Gasteiger partial charge in [-0.25, -0.2) is 0 Å². The lowest BCUT2D eigenvalue weighted by molar-refractivity contribution is 0.302. The zero-order valence-electron chi connectivity index (χ0n) is 11.4. The maximum absolute atomic E-state index is 9.92. The molecule has 3 nitrogen and oxygen atoms in total. The lowest BCUT2D eigenvalue weighted by Crippen LogP contribution is -1.77. The maximum atomic E-state index is 9.92. The van der Waals surface area contributed by atoms with Crippen molar-refractivity contribution in [3.63, 3.8) is 0 Å². The second kappa shape index (κ2) is 17.5. The van der Waals surface area contributed by atoms with Crippen molar-refractivity contribution >= 4 is 8.25 Å².